The van der Waals surface area contributed by atoms with Crippen LogP contribution in [0.15, 0.2) is 54.9 Å². The van der Waals surface area contributed by atoms with Gasteiger partial charge in [-0.3, -0.25) is 4.98 Å². The molecular weight excluding hydrogens is 266 g/mol. The standard InChI is InChI=1S/C16H17N3O2/c1-2-21-16(20)11-15(12-7-9-18-10-8-12)19-14-6-4-3-5-13(14)17/h3-11,19H,2,17H2,1H3/b15-11+. The van der Waals surface area contributed by atoms with Gasteiger partial charge in [0.15, 0.2) is 0 Å². The fourth-order valence-corrected chi connectivity index (χ4v) is 1.78. The van der Waals surface area contributed by atoms with Gasteiger partial charge in [-0.1, -0.05) is 12.1 Å². The van der Waals surface area contributed by atoms with Gasteiger partial charge in [-0.05, 0) is 31.2 Å². The molecule has 0 amide bonds. The Bertz CT molecular complexity index is 639. The number of ether oxygens (including phenoxy) is 1. The Morgan fingerprint density at radius 3 is 2.67 bits per heavy atom. The molecule has 0 unspecified atom stereocenters. The predicted molar refractivity (Wildman–Crippen MR) is 83.3 cm³/mol. The van der Waals surface area contributed by atoms with E-state index in [1.54, 1.807) is 37.5 Å². The van der Waals surface area contributed by atoms with Crippen LogP contribution in [0.4, 0.5) is 11.4 Å². The summed E-state index contributed by atoms with van der Waals surface area (Å²) in [4.78, 5) is 15.7. The second-order valence-electron chi connectivity index (χ2n) is 4.26. The number of nitrogen functional groups attached to an aromatic ring is 1. The maximum Gasteiger partial charge on any atom is 0.332 e. The smallest absolute Gasteiger partial charge is 0.332 e. The topological polar surface area (TPSA) is 77.2 Å². The number of rotatable bonds is 5. The molecule has 2 rings (SSSR count). The molecule has 2 aromatic rings. The molecule has 0 radical (unpaired) electrons. The lowest BCUT2D eigenvalue weighted by Crippen LogP contribution is -2.07. The summed E-state index contributed by atoms with van der Waals surface area (Å²) in [5, 5.41) is 3.16. The summed E-state index contributed by atoms with van der Waals surface area (Å²) in [7, 11) is 0. The highest BCUT2D eigenvalue weighted by molar-refractivity contribution is 5.95. The SMILES string of the molecule is CCOC(=O)/C=C(/Nc1ccccc1N)c1ccncc1. The molecule has 108 valence electrons. The summed E-state index contributed by atoms with van der Waals surface area (Å²) in [6.45, 7) is 2.09. The monoisotopic (exact) mass is 283 g/mol. The summed E-state index contributed by atoms with van der Waals surface area (Å²) in [6, 6.07) is 11.0. The highest BCUT2D eigenvalue weighted by Gasteiger charge is 2.07. The van der Waals surface area contributed by atoms with E-state index < -0.39 is 5.97 Å². The van der Waals surface area contributed by atoms with Gasteiger partial charge in [0, 0.05) is 24.0 Å². The van der Waals surface area contributed by atoms with Crippen LogP contribution >= 0.6 is 0 Å². The van der Waals surface area contributed by atoms with Gasteiger partial charge in [-0.25, -0.2) is 4.79 Å². The number of aromatic nitrogens is 1. The summed E-state index contributed by atoms with van der Waals surface area (Å²) in [6.07, 6.45) is 4.72. The van der Waals surface area contributed by atoms with Crippen molar-refractivity contribution in [1.82, 2.24) is 4.98 Å². The van der Waals surface area contributed by atoms with Crippen molar-refractivity contribution in [3.05, 3.63) is 60.4 Å². The van der Waals surface area contributed by atoms with Crippen LogP contribution in [0.3, 0.4) is 0 Å². The molecule has 0 bridgehead atoms. The zero-order valence-electron chi connectivity index (χ0n) is 11.7. The van der Waals surface area contributed by atoms with E-state index in [-0.39, 0.29) is 0 Å². The predicted octanol–water partition coefficient (Wildman–Crippen LogP) is 2.68. The second-order valence-corrected chi connectivity index (χ2v) is 4.26. The number of hydrogen-bond donors (Lipinski definition) is 2. The normalized spacial score (nSPS) is 11.0. The van der Waals surface area contributed by atoms with Crippen LogP contribution in [-0.4, -0.2) is 17.6 Å². The van der Waals surface area contributed by atoms with Crippen molar-refractivity contribution in [1.29, 1.82) is 0 Å². The minimum absolute atomic E-state index is 0.326. The van der Waals surface area contributed by atoms with Gasteiger partial charge in [-0.2, -0.15) is 0 Å². The Labute approximate surface area is 123 Å². The number of nitrogens with zero attached hydrogens (tertiary/aromatic N) is 1. The molecule has 0 aliphatic rings. The summed E-state index contributed by atoms with van der Waals surface area (Å²) in [5.74, 6) is -0.411. The van der Waals surface area contributed by atoms with Gasteiger partial charge in [0.1, 0.15) is 0 Å². The number of para-hydroxylation sites is 2. The van der Waals surface area contributed by atoms with Crippen molar-refractivity contribution in [3.63, 3.8) is 0 Å². The zero-order chi connectivity index (χ0) is 15.1. The molecule has 0 fully saturated rings. The molecule has 0 aliphatic heterocycles. The van der Waals surface area contributed by atoms with Crippen molar-refractivity contribution in [3.8, 4) is 0 Å². The number of nitrogens with one attached hydrogen (secondary N) is 1. The lowest BCUT2D eigenvalue weighted by molar-refractivity contribution is -0.137. The summed E-state index contributed by atoms with van der Waals surface area (Å²) in [5.41, 5.74) is 8.67. The first kappa shape index (κ1) is 14.6. The van der Waals surface area contributed by atoms with Crippen molar-refractivity contribution >= 4 is 23.0 Å². The molecule has 1 aromatic carbocycles. The van der Waals surface area contributed by atoms with Crippen LogP contribution < -0.4 is 11.1 Å². The number of pyridine rings is 1. The minimum Gasteiger partial charge on any atom is -0.463 e. The van der Waals surface area contributed by atoms with Crippen LogP contribution in [0.2, 0.25) is 0 Å². The molecule has 0 saturated heterocycles. The van der Waals surface area contributed by atoms with E-state index in [1.165, 1.54) is 6.08 Å². The third-order valence-electron chi connectivity index (χ3n) is 2.77. The highest BCUT2D eigenvalue weighted by atomic mass is 16.5. The second kappa shape index (κ2) is 7.09. The lowest BCUT2D eigenvalue weighted by Gasteiger charge is -2.13. The van der Waals surface area contributed by atoms with E-state index in [9.17, 15) is 4.79 Å². The number of anilines is 2. The molecule has 5 nitrogen and oxygen atoms in total. The largest absolute Gasteiger partial charge is 0.463 e. The number of nitrogens with two attached hydrogens (primary N) is 1. The fourth-order valence-electron chi connectivity index (χ4n) is 1.78. The lowest BCUT2D eigenvalue weighted by atomic mass is 10.1. The molecular formula is C16H17N3O2. The number of esters is 1. The number of benzene rings is 1. The molecule has 0 aliphatic carbocycles. The summed E-state index contributed by atoms with van der Waals surface area (Å²) >= 11 is 0. The van der Waals surface area contributed by atoms with Gasteiger partial charge in [0.2, 0.25) is 0 Å². The molecule has 1 aromatic heterocycles. The summed E-state index contributed by atoms with van der Waals surface area (Å²) < 4.78 is 4.96. The van der Waals surface area contributed by atoms with Crippen LogP contribution in [0.25, 0.3) is 5.70 Å². The van der Waals surface area contributed by atoms with Gasteiger partial charge in [0.25, 0.3) is 0 Å². The van der Waals surface area contributed by atoms with E-state index in [1.807, 2.05) is 18.2 Å². The third kappa shape index (κ3) is 4.07. The van der Waals surface area contributed by atoms with E-state index in [4.69, 9.17) is 10.5 Å². The van der Waals surface area contributed by atoms with Gasteiger partial charge in [-0.15, -0.1) is 0 Å². The molecule has 0 saturated carbocycles. The fraction of sp³-hybridized carbons (Fsp3) is 0.125. The maximum atomic E-state index is 11.7. The average Bonchev–Trinajstić information content (AvgIpc) is 2.50. The first-order valence-corrected chi connectivity index (χ1v) is 6.61. The zero-order valence-corrected chi connectivity index (χ0v) is 11.7. The molecule has 21 heavy (non-hydrogen) atoms. The highest BCUT2D eigenvalue weighted by Crippen LogP contribution is 2.23. The average molecular weight is 283 g/mol. The van der Waals surface area contributed by atoms with Crippen molar-refractivity contribution < 1.29 is 9.53 Å². The van der Waals surface area contributed by atoms with E-state index in [0.29, 0.717) is 18.0 Å². The Morgan fingerprint density at radius 2 is 2.00 bits per heavy atom. The third-order valence-corrected chi connectivity index (χ3v) is 2.77. The molecule has 0 spiro atoms. The van der Waals surface area contributed by atoms with E-state index in [2.05, 4.69) is 10.3 Å². The number of carbonyl (C=O) groups is 1. The first-order chi connectivity index (χ1) is 10.2. The minimum atomic E-state index is -0.411. The van der Waals surface area contributed by atoms with Gasteiger partial charge in [0.05, 0.1) is 23.7 Å². The Kier molecular flexibility index (Phi) is 4.93. The molecule has 5 heteroatoms. The van der Waals surface area contributed by atoms with Crippen LogP contribution in [0.5, 0.6) is 0 Å². The van der Waals surface area contributed by atoms with Gasteiger partial charge < -0.3 is 15.8 Å². The van der Waals surface area contributed by atoms with Gasteiger partial charge >= 0.3 is 5.97 Å². The van der Waals surface area contributed by atoms with Crippen LogP contribution in [0, 0.1) is 0 Å². The Balaban J connectivity index is 2.33. The van der Waals surface area contributed by atoms with Crippen molar-refractivity contribution in [2.24, 2.45) is 0 Å². The number of hydrogen-bond acceptors (Lipinski definition) is 5. The Morgan fingerprint density at radius 1 is 1.29 bits per heavy atom. The Hall–Kier alpha value is -2.82. The quantitative estimate of drug-likeness (QED) is 0.501. The van der Waals surface area contributed by atoms with Crippen LogP contribution in [-0.2, 0) is 9.53 Å². The van der Waals surface area contributed by atoms with Crippen molar-refractivity contribution in [2.75, 3.05) is 17.7 Å². The maximum absolute atomic E-state index is 11.7. The van der Waals surface area contributed by atoms with Crippen LogP contribution in [0.1, 0.15) is 12.5 Å². The number of carbonyl (C=O) groups excluding carboxylic acids is 1. The van der Waals surface area contributed by atoms with E-state index in [0.717, 1.165) is 11.3 Å². The molecule has 1 heterocycles. The van der Waals surface area contributed by atoms with E-state index >= 15 is 0 Å². The first-order valence-electron chi connectivity index (χ1n) is 6.61. The molecule has 0 atom stereocenters. The van der Waals surface area contributed by atoms with Crippen molar-refractivity contribution in [2.45, 2.75) is 6.92 Å². The molecule has 3 N–H and O–H groups in total.